The Morgan fingerprint density at radius 3 is 2.57 bits per heavy atom. The second-order valence-electron chi connectivity index (χ2n) is 4.86. The van der Waals surface area contributed by atoms with Gasteiger partial charge in [0.25, 0.3) is 0 Å². The molecule has 0 aliphatic heterocycles. The molecule has 3 rings (SSSR count). The molecule has 0 radical (unpaired) electrons. The van der Waals surface area contributed by atoms with Crippen LogP contribution in [-0.4, -0.2) is 15.6 Å². The summed E-state index contributed by atoms with van der Waals surface area (Å²) >= 11 is 0. The molecule has 0 aliphatic carbocycles. The fraction of sp³-hybridized carbons (Fsp3) is 0.0588. The number of nitrogens with zero attached hydrogens (tertiary/aromatic N) is 2. The van der Waals surface area contributed by atoms with Gasteiger partial charge in [-0.25, -0.2) is 4.68 Å². The van der Waals surface area contributed by atoms with Gasteiger partial charge in [-0.2, -0.15) is 5.10 Å². The Kier molecular flexibility index (Phi) is 3.28. The second-order valence-corrected chi connectivity index (χ2v) is 4.86. The molecule has 1 aromatic heterocycles. The molecule has 4 nitrogen and oxygen atoms in total. The highest BCUT2D eigenvalue weighted by Crippen LogP contribution is 2.18. The molecule has 2 N–H and O–H groups in total. The molecule has 0 saturated heterocycles. The lowest BCUT2D eigenvalue weighted by Crippen LogP contribution is -2.10. The summed E-state index contributed by atoms with van der Waals surface area (Å²) < 4.78 is 1.65. The number of hydrogen-bond acceptors (Lipinski definition) is 3. The lowest BCUT2D eigenvalue weighted by molar-refractivity contribution is 0.103. The lowest BCUT2D eigenvalue weighted by atomic mass is 10.0. The number of aryl methyl sites for hydroxylation is 1. The number of hydrogen-bond donors (Lipinski definition) is 1. The van der Waals surface area contributed by atoms with Gasteiger partial charge in [-0.05, 0) is 48.9 Å². The van der Waals surface area contributed by atoms with E-state index in [1.807, 2.05) is 37.3 Å². The quantitative estimate of drug-likeness (QED) is 0.591. The Morgan fingerprint density at radius 2 is 1.86 bits per heavy atom. The van der Waals surface area contributed by atoms with Crippen LogP contribution in [0, 0.1) is 6.92 Å². The number of nitrogens with two attached hydrogens (primary N) is 1. The van der Waals surface area contributed by atoms with Gasteiger partial charge in [-0.3, -0.25) is 4.79 Å². The average molecular weight is 277 g/mol. The molecular weight excluding hydrogens is 262 g/mol. The summed E-state index contributed by atoms with van der Waals surface area (Å²) in [4.78, 5) is 12.7. The molecule has 0 atom stereocenters. The van der Waals surface area contributed by atoms with Crippen molar-refractivity contribution in [2.75, 3.05) is 5.73 Å². The van der Waals surface area contributed by atoms with E-state index in [4.69, 9.17) is 5.73 Å². The van der Waals surface area contributed by atoms with Crippen LogP contribution in [0.1, 0.15) is 21.6 Å². The maximum absolute atomic E-state index is 12.7. The topological polar surface area (TPSA) is 60.9 Å². The molecule has 0 aliphatic rings. The summed E-state index contributed by atoms with van der Waals surface area (Å²) in [6, 6.07) is 16.6. The molecule has 0 fully saturated rings. The van der Waals surface area contributed by atoms with Crippen molar-refractivity contribution < 1.29 is 4.79 Å². The molecule has 1 heterocycles. The summed E-state index contributed by atoms with van der Waals surface area (Å²) in [5.74, 6) is -0.0700. The molecule has 104 valence electrons. The van der Waals surface area contributed by atoms with Crippen molar-refractivity contribution in [2.24, 2.45) is 0 Å². The Balaban J connectivity index is 2.03. The van der Waals surface area contributed by atoms with Gasteiger partial charge < -0.3 is 5.73 Å². The van der Waals surface area contributed by atoms with Crippen LogP contribution in [0.3, 0.4) is 0 Å². The van der Waals surface area contributed by atoms with E-state index < -0.39 is 0 Å². The van der Waals surface area contributed by atoms with E-state index in [0.29, 0.717) is 16.9 Å². The van der Waals surface area contributed by atoms with Gasteiger partial charge >= 0.3 is 0 Å². The lowest BCUT2D eigenvalue weighted by Gasteiger charge is -2.08. The molecule has 3 aromatic rings. The Morgan fingerprint density at radius 1 is 1.10 bits per heavy atom. The highest BCUT2D eigenvalue weighted by atomic mass is 16.1. The highest BCUT2D eigenvalue weighted by molar-refractivity contribution is 6.08. The molecule has 0 saturated carbocycles. The first-order valence-corrected chi connectivity index (χ1v) is 6.67. The number of para-hydroxylation sites is 1. The van der Waals surface area contributed by atoms with Crippen molar-refractivity contribution in [3.63, 3.8) is 0 Å². The maximum Gasteiger partial charge on any atom is 0.211 e. The van der Waals surface area contributed by atoms with Gasteiger partial charge in [0.15, 0.2) is 0 Å². The number of carbonyl (C=O) groups is 1. The number of carbonyl (C=O) groups excluding carboxylic acids is 1. The monoisotopic (exact) mass is 277 g/mol. The van der Waals surface area contributed by atoms with Crippen LogP contribution in [0.5, 0.6) is 0 Å². The summed E-state index contributed by atoms with van der Waals surface area (Å²) in [5, 5.41) is 4.24. The first-order valence-electron chi connectivity index (χ1n) is 6.67. The zero-order valence-electron chi connectivity index (χ0n) is 11.7. The summed E-state index contributed by atoms with van der Waals surface area (Å²) in [6.45, 7) is 1.89. The van der Waals surface area contributed by atoms with E-state index in [1.165, 1.54) is 0 Å². The van der Waals surface area contributed by atoms with Crippen LogP contribution in [0.15, 0.2) is 60.8 Å². The van der Waals surface area contributed by atoms with E-state index in [-0.39, 0.29) is 5.78 Å². The van der Waals surface area contributed by atoms with Crippen molar-refractivity contribution in [1.82, 2.24) is 9.78 Å². The first-order chi connectivity index (χ1) is 10.2. The van der Waals surface area contributed by atoms with Crippen molar-refractivity contribution in [2.45, 2.75) is 6.92 Å². The van der Waals surface area contributed by atoms with Gasteiger partial charge in [0.05, 0.1) is 11.9 Å². The normalized spacial score (nSPS) is 10.5. The summed E-state index contributed by atoms with van der Waals surface area (Å²) in [6.07, 6.45) is 1.63. The van der Waals surface area contributed by atoms with Crippen LogP contribution in [0.4, 0.5) is 5.69 Å². The van der Waals surface area contributed by atoms with Gasteiger partial charge in [0.1, 0.15) is 5.69 Å². The first kappa shape index (κ1) is 13.1. The smallest absolute Gasteiger partial charge is 0.211 e. The highest BCUT2D eigenvalue weighted by Gasteiger charge is 2.15. The van der Waals surface area contributed by atoms with Gasteiger partial charge in [-0.15, -0.1) is 0 Å². The van der Waals surface area contributed by atoms with Crippen LogP contribution in [-0.2, 0) is 0 Å². The third-order valence-corrected chi connectivity index (χ3v) is 3.41. The number of benzene rings is 2. The van der Waals surface area contributed by atoms with Crippen molar-refractivity contribution in [1.29, 1.82) is 0 Å². The summed E-state index contributed by atoms with van der Waals surface area (Å²) in [7, 11) is 0. The van der Waals surface area contributed by atoms with Crippen molar-refractivity contribution in [3.05, 3.63) is 77.6 Å². The van der Waals surface area contributed by atoms with Gasteiger partial charge in [-0.1, -0.05) is 18.2 Å². The van der Waals surface area contributed by atoms with Crippen LogP contribution in [0.25, 0.3) is 5.69 Å². The predicted molar refractivity (Wildman–Crippen MR) is 82.6 cm³/mol. The molecule has 0 bridgehead atoms. The van der Waals surface area contributed by atoms with Crippen LogP contribution in [0.2, 0.25) is 0 Å². The molecule has 0 unspecified atom stereocenters. The Hall–Kier alpha value is -2.88. The largest absolute Gasteiger partial charge is 0.399 e. The number of ketones is 1. The van der Waals surface area contributed by atoms with E-state index in [1.54, 1.807) is 35.1 Å². The maximum atomic E-state index is 12.7. The fourth-order valence-electron chi connectivity index (χ4n) is 2.22. The second kappa shape index (κ2) is 5.25. The van der Waals surface area contributed by atoms with Crippen molar-refractivity contribution >= 4 is 11.5 Å². The minimum atomic E-state index is -0.0700. The third kappa shape index (κ3) is 2.43. The Labute approximate surface area is 122 Å². The third-order valence-electron chi connectivity index (χ3n) is 3.41. The van der Waals surface area contributed by atoms with Gasteiger partial charge in [0.2, 0.25) is 5.78 Å². The molecule has 4 heteroatoms. The van der Waals surface area contributed by atoms with E-state index in [9.17, 15) is 4.79 Å². The number of aromatic nitrogens is 2. The zero-order chi connectivity index (χ0) is 14.8. The van der Waals surface area contributed by atoms with Crippen LogP contribution >= 0.6 is 0 Å². The molecule has 2 aromatic carbocycles. The molecule has 21 heavy (non-hydrogen) atoms. The standard InChI is InChI=1S/C17H15N3O/c1-12-11-13(7-8-15(12)18)17(21)16-9-10-19-20(16)14-5-3-2-4-6-14/h2-11H,18H2,1H3. The van der Waals surface area contributed by atoms with Crippen LogP contribution < -0.4 is 5.73 Å². The number of nitrogen functional groups attached to an aromatic ring is 1. The minimum Gasteiger partial charge on any atom is -0.399 e. The van der Waals surface area contributed by atoms with E-state index in [0.717, 1.165) is 11.3 Å². The average Bonchev–Trinajstić information content (AvgIpc) is 2.99. The SMILES string of the molecule is Cc1cc(C(=O)c2ccnn2-c2ccccc2)ccc1N. The predicted octanol–water partition coefficient (Wildman–Crippen LogP) is 2.99. The summed E-state index contributed by atoms with van der Waals surface area (Å²) in [5.41, 5.74) is 9.38. The minimum absolute atomic E-state index is 0.0700. The Bertz CT molecular complexity index is 791. The zero-order valence-corrected chi connectivity index (χ0v) is 11.7. The van der Waals surface area contributed by atoms with Crippen molar-refractivity contribution in [3.8, 4) is 5.69 Å². The molecule has 0 amide bonds. The van der Waals surface area contributed by atoms with E-state index >= 15 is 0 Å². The number of anilines is 1. The molecule has 0 spiro atoms. The molecular formula is C17H15N3O. The van der Waals surface area contributed by atoms with Gasteiger partial charge in [0, 0.05) is 11.3 Å². The van der Waals surface area contributed by atoms with E-state index in [2.05, 4.69) is 5.10 Å². The number of rotatable bonds is 3. The fourth-order valence-corrected chi connectivity index (χ4v) is 2.22.